The summed E-state index contributed by atoms with van der Waals surface area (Å²) < 4.78 is 11.3. The van der Waals surface area contributed by atoms with Crippen LogP contribution in [0.1, 0.15) is 12.5 Å². The topological polar surface area (TPSA) is 56.5 Å². The van der Waals surface area contributed by atoms with Gasteiger partial charge in [-0.3, -0.25) is 4.79 Å². The lowest BCUT2D eigenvalue weighted by molar-refractivity contribution is -0.132. The zero-order valence-corrected chi connectivity index (χ0v) is 15.2. The van der Waals surface area contributed by atoms with Crippen LogP contribution < -0.4 is 10.4 Å². The number of carbonyl (C=O) groups excluding carboxylic acids is 1. The number of rotatable bonds is 2. The Balaban J connectivity index is 2.47. The minimum atomic E-state index is -0.729. The summed E-state index contributed by atoms with van der Waals surface area (Å²) in [6.45, 7) is 3.09. The van der Waals surface area contributed by atoms with E-state index in [9.17, 15) is 9.59 Å². The predicted molar refractivity (Wildman–Crippen MR) is 96.7 cm³/mol. The Morgan fingerprint density at radius 3 is 2.67 bits per heavy atom. The van der Waals surface area contributed by atoms with E-state index < -0.39 is 11.6 Å². The quantitative estimate of drug-likeness (QED) is 0.437. The third-order valence-electron chi connectivity index (χ3n) is 3.50. The summed E-state index contributed by atoms with van der Waals surface area (Å²) in [7, 11) is 0. The summed E-state index contributed by atoms with van der Waals surface area (Å²) in [6, 6.07) is 10.8. The van der Waals surface area contributed by atoms with E-state index in [0.717, 1.165) is 15.6 Å². The second kappa shape index (κ2) is 6.42. The minimum Gasteiger partial charge on any atom is -0.420 e. The molecule has 1 aromatic heterocycles. The molecule has 1 heterocycles. The van der Waals surface area contributed by atoms with Gasteiger partial charge in [0.05, 0.1) is 0 Å². The number of carbonyl (C=O) groups is 1. The van der Waals surface area contributed by atoms with Crippen LogP contribution in [0, 0.1) is 6.92 Å². The molecule has 0 atom stereocenters. The molecule has 0 saturated carbocycles. The highest BCUT2D eigenvalue weighted by molar-refractivity contribution is 9.10. The van der Waals surface area contributed by atoms with Gasteiger partial charge in [-0.05, 0) is 36.2 Å². The molecule has 0 aliphatic carbocycles. The molecule has 0 fully saturated rings. The average Bonchev–Trinajstić information content (AvgIpc) is 2.50. The van der Waals surface area contributed by atoms with E-state index in [1.54, 1.807) is 6.07 Å². The molecule has 0 N–H and O–H groups in total. The predicted octanol–water partition coefficient (Wildman–Crippen LogP) is 5.11. The molecule has 0 saturated heterocycles. The molecule has 0 aliphatic heterocycles. The fourth-order valence-corrected chi connectivity index (χ4v) is 3.03. The molecular formula is C18H12BrClO4. The summed E-state index contributed by atoms with van der Waals surface area (Å²) in [5.74, 6) is -0.724. The van der Waals surface area contributed by atoms with Gasteiger partial charge in [0, 0.05) is 33.4 Å². The number of halogens is 2. The Kier molecular flexibility index (Phi) is 4.47. The molecule has 4 nitrogen and oxygen atoms in total. The smallest absolute Gasteiger partial charge is 0.380 e. The van der Waals surface area contributed by atoms with Gasteiger partial charge in [-0.2, -0.15) is 0 Å². The summed E-state index contributed by atoms with van der Waals surface area (Å²) in [5, 5.41) is 1.14. The normalized spacial score (nSPS) is 10.8. The molecule has 0 radical (unpaired) electrons. The lowest BCUT2D eigenvalue weighted by Gasteiger charge is -2.12. The standard InChI is InChI=1S/C18H12BrClO4/c1-9-6-13-15(8-14(9)20)24-18(22)17(23-10(2)21)16(13)11-4-3-5-12(19)7-11/h3-8H,1-2H3. The summed E-state index contributed by atoms with van der Waals surface area (Å²) >= 11 is 9.55. The molecule has 0 amide bonds. The molecule has 3 rings (SSSR count). The Hall–Kier alpha value is -2.11. The third-order valence-corrected chi connectivity index (χ3v) is 4.40. The third kappa shape index (κ3) is 3.09. The van der Waals surface area contributed by atoms with Crippen molar-refractivity contribution in [2.45, 2.75) is 13.8 Å². The Bertz CT molecular complexity index is 1020. The fourth-order valence-electron chi connectivity index (χ4n) is 2.48. The van der Waals surface area contributed by atoms with Crippen LogP contribution in [0.4, 0.5) is 0 Å². The molecule has 122 valence electrons. The second-order valence-electron chi connectivity index (χ2n) is 5.30. The van der Waals surface area contributed by atoms with Gasteiger partial charge in [0.15, 0.2) is 0 Å². The van der Waals surface area contributed by atoms with Gasteiger partial charge in [-0.15, -0.1) is 0 Å². The van der Waals surface area contributed by atoms with Gasteiger partial charge < -0.3 is 9.15 Å². The highest BCUT2D eigenvalue weighted by atomic mass is 79.9. The second-order valence-corrected chi connectivity index (χ2v) is 6.62. The molecule has 6 heteroatoms. The number of esters is 1. The maximum atomic E-state index is 12.3. The van der Waals surface area contributed by atoms with Gasteiger partial charge >= 0.3 is 11.6 Å². The Morgan fingerprint density at radius 2 is 2.00 bits per heavy atom. The summed E-state index contributed by atoms with van der Waals surface area (Å²) in [5.41, 5.74) is 1.65. The Morgan fingerprint density at radius 1 is 1.25 bits per heavy atom. The van der Waals surface area contributed by atoms with Crippen molar-refractivity contribution in [3.63, 3.8) is 0 Å². The molecule has 24 heavy (non-hydrogen) atoms. The van der Waals surface area contributed by atoms with Crippen LogP contribution in [0.3, 0.4) is 0 Å². The molecule has 0 bridgehead atoms. The number of fused-ring (bicyclic) bond motifs is 1. The highest BCUT2D eigenvalue weighted by Crippen LogP contribution is 2.37. The lowest BCUT2D eigenvalue weighted by atomic mass is 10.00. The van der Waals surface area contributed by atoms with Gasteiger partial charge in [0.2, 0.25) is 5.75 Å². The largest absolute Gasteiger partial charge is 0.420 e. The molecule has 2 aromatic carbocycles. The number of hydrogen-bond acceptors (Lipinski definition) is 4. The summed E-state index contributed by atoms with van der Waals surface area (Å²) in [4.78, 5) is 23.8. The average molecular weight is 408 g/mol. The van der Waals surface area contributed by atoms with Crippen molar-refractivity contribution in [1.82, 2.24) is 0 Å². The summed E-state index contributed by atoms with van der Waals surface area (Å²) in [6.07, 6.45) is 0. The van der Waals surface area contributed by atoms with Gasteiger partial charge in [-0.1, -0.05) is 39.7 Å². The van der Waals surface area contributed by atoms with Crippen LogP contribution in [-0.4, -0.2) is 5.97 Å². The van der Waals surface area contributed by atoms with Crippen molar-refractivity contribution in [1.29, 1.82) is 0 Å². The lowest BCUT2D eigenvalue weighted by Crippen LogP contribution is -2.12. The first-order valence-electron chi connectivity index (χ1n) is 7.08. The first-order valence-corrected chi connectivity index (χ1v) is 8.25. The van der Waals surface area contributed by atoms with Gasteiger partial charge in [0.1, 0.15) is 5.58 Å². The SMILES string of the molecule is CC(=O)Oc1c(-c2cccc(Br)c2)c2cc(C)c(Cl)cc2oc1=O. The van der Waals surface area contributed by atoms with Gasteiger partial charge in [-0.25, -0.2) is 4.79 Å². The maximum Gasteiger partial charge on any atom is 0.380 e. The molecule has 0 unspecified atom stereocenters. The maximum absolute atomic E-state index is 12.3. The highest BCUT2D eigenvalue weighted by Gasteiger charge is 2.20. The fraction of sp³-hybridized carbons (Fsp3) is 0.111. The number of hydrogen-bond donors (Lipinski definition) is 0. The molecule has 3 aromatic rings. The van der Waals surface area contributed by atoms with Crippen LogP contribution >= 0.6 is 27.5 Å². The van der Waals surface area contributed by atoms with Crippen LogP contribution in [0.25, 0.3) is 22.1 Å². The zero-order valence-electron chi connectivity index (χ0n) is 12.9. The number of aryl methyl sites for hydroxylation is 1. The van der Waals surface area contributed by atoms with E-state index >= 15 is 0 Å². The minimum absolute atomic E-state index is 0.130. The Labute approximate surface area is 151 Å². The van der Waals surface area contributed by atoms with Crippen LogP contribution in [0.2, 0.25) is 5.02 Å². The van der Waals surface area contributed by atoms with Crippen LogP contribution in [0.5, 0.6) is 5.75 Å². The number of benzene rings is 2. The van der Waals surface area contributed by atoms with Crippen molar-refractivity contribution in [2.24, 2.45) is 0 Å². The van der Waals surface area contributed by atoms with E-state index in [4.69, 9.17) is 20.8 Å². The first-order chi connectivity index (χ1) is 11.4. The van der Waals surface area contributed by atoms with Crippen molar-refractivity contribution in [3.8, 4) is 16.9 Å². The zero-order chi connectivity index (χ0) is 17.4. The molecule has 0 spiro atoms. The van der Waals surface area contributed by atoms with Gasteiger partial charge in [0.25, 0.3) is 0 Å². The van der Waals surface area contributed by atoms with Crippen LogP contribution in [-0.2, 0) is 4.79 Å². The van der Waals surface area contributed by atoms with Crippen molar-refractivity contribution in [3.05, 3.63) is 61.9 Å². The van der Waals surface area contributed by atoms with E-state index in [2.05, 4.69) is 15.9 Å². The van der Waals surface area contributed by atoms with Crippen molar-refractivity contribution < 1.29 is 13.9 Å². The van der Waals surface area contributed by atoms with E-state index in [1.807, 2.05) is 37.3 Å². The van der Waals surface area contributed by atoms with Crippen LogP contribution in [0.15, 0.2) is 50.1 Å². The van der Waals surface area contributed by atoms with Crippen molar-refractivity contribution in [2.75, 3.05) is 0 Å². The molecular weight excluding hydrogens is 396 g/mol. The van der Waals surface area contributed by atoms with Crippen molar-refractivity contribution >= 4 is 44.5 Å². The van der Waals surface area contributed by atoms with E-state index in [1.165, 1.54) is 6.92 Å². The monoisotopic (exact) mass is 406 g/mol. The van der Waals surface area contributed by atoms with E-state index in [0.29, 0.717) is 21.6 Å². The molecule has 0 aliphatic rings. The number of ether oxygens (including phenoxy) is 1. The van der Waals surface area contributed by atoms with E-state index in [-0.39, 0.29) is 5.75 Å². The first kappa shape index (κ1) is 16.7.